The molecule has 11 heavy (non-hydrogen) atoms. The molecule has 2 heteroatoms. The third-order valence-electron chi connectivity index (χ3n) is 2.95. The van der Waals surface area contributed by atoms with Gasteiger partial charge in [-0.3, -0.25) is 0 Å². The second-order valence-electron chi connectivity index (χ2n) is 4.02. The van der Waals surface area contributed by atoms with E-state index in [-0.39, 0.29) is 0 Å². The molecule has 0 aromatic heterocycles. The maximum atomic E-state index is 5.37. The van der Waals surface area contributed by atoms with Crippen molar-refractivity contribution in [3.8, 4) is 0 Å². The zero-order valence-electron chi connectivity index (χ0n) is 7.64. The van der Waals surface area contributed by atoms with E-state index in [1.165, 1.54) is 25.7 Å². The topological polar surface area (TPSA) is 12.0 Å². The molecule has 0 aromatic carbocycles. The summed E-state index contributed by atoms with van der Waals surface area (Å²) in [5.74, 6) is 1.80. The van der Waals surface area contributed by atoms with Crippen molar-refractivity contribution in [2.75, 3.05) is 0 Å². The van der Waals surface area contributed by atoms with E-state index in [0.29, 0.717) is 6.04 Å². The van der Waals surface area contributed by atoms with Gasteiger partial charge in [-0.15, -0.1) is 0 Å². The van der Waals surface area contributed by atoms with Crippen molar-refractivity contribution in [1.82, 2.24) is 5.23 Å². The van der Waals surface area contributed by atoms with Crippen LogP contribution >= 0.6 is 0 Å². The standard InChI is InChI=1S/C9H18BN/c1-7(2)8-3-5-9(11-10)6-4-8/h7-9,11H,3-6H2,1-2H3. The van der Waals surface area contributed by atoms with Crippen LogP contribution in [0.2, 0.25) is 0 Å². The normalized spacial score (nSPS) is 32.6. The molecule has 62 valence electrons. The summed E-state index contributed by atoms with van der Waals surface area (Å²) in [7, 11) is 5.37. The third-order valence-corrected chi connectivity index (χ3v) is 2.95. The fourth-order valence-electron chi connectivity index (χ4n) is 1.95. The maximum Gasteiger partial charge on any atom is 0.178 e. The molecule has 0 amide bonds. The van der Waals surface area contributed by atoms with Gasteiger partial charge in [0.15, 0.2) is 7.98 Å². The van der Waals surface area contributed by atoms with E-state index < -0.39 is 0 Å². The zero-order valence-corrected chi connectivity index (χ0v) is 7.64. The van der Waals surface area contributed by atoms with Gasteiger partial charge in [0.25, 0.3) is 0 Å². The van der Waals surface area contributed by atoms with Crippen molar-refractivity contribution in [3.63, 3.8) is 0 Å². The molecular weight excluding hydrogens is 133 g/mol. The first-order valence-electron chi connectivity index (χ1n) is 4.70. The second kappa shape index (κ2) is 4.15. The van der Waals surface area contributed by atoms with Crippen molar-refractivity contribution in [3.05, 3.63) is 0 Å². The van der Waals surface area contributed by atoms with Crippen molar-refractivity contribution in [1.29, 1.82) is 0 Å². The second-order valence-corrected chi connectivity index (χ2v) is 4.02. The van der Waals surface area contributed by atoms with Crippen LogP contribution in [0.15, 0.2) is 0 Å². The number of hydrogen-bond donors (Lipinski definition) is 1. The molecule has 1 N–H and O–H groups in total. The Morgan fingerprint density at radius 2 is 1.73 bits per heavy atom. The highest BCUT2D eigenvalue weighted by Gasteiger charge is 2.21. The summed E-state index contributed by atoms with van der Waals surface area (Å²) in [6.45, 7) is 4.64. The van der Waals surface area contributed by atoms with Gasteiger partial charge in [-0.1, -0.05) is 13.8 Å². The van der Waals surface area contributed by atoms with Gasteiger partial charge >= 0.3 is 0 Å². The SMILES string of the molecule is [B]NC1CCC(C(C)C)CC1. The molecule has 0 aliphatic heterocycles. The Hall–Kier alpha value is 0.0249. The van der Waals surface area contributed by atoms with Gasteiger partial charge in [-0.25, -0.2) is 0 Å². The van der Waals surface area contributed by atoms with Crippen LogP contribution in [0.3, 0.4) is 0 Å². The van der Waals surface area contributed by atoms with Crippen LogP contribution in [-0.2, 0) is 0 Å². The van der Waals surface area contributed by atoms with E-state index in [2.05, 4.69) is 19.1 Å². The van der Waals surface area contributed by atoms with E-state index in [9.17, 15) is 0 Å². The van der Waals surface area contributed by atoms with Crippen LogP contribution in [-0.4, -0.2) is 14.0 Å². The highest BCUT2D eigenvalue weighted by molar-refractivity contribution is 6.04. The first kappa shape index (κ1) is 9.12. The number of nitrogens with one attached hydrogen (secondary N) is 1. The molecule has 0 spiro atoms. The van der Waals surface area contributed by atoms with Gasteiger partial charge < -0.3 is 5.23 Å². The van der Waals surface area contributed by atoms with Crippen molar-refractivity contribution in [2.45, 2.75) is 45.6 Å². The molecule has 1 nitrogen and oxygen atoms in total. The molecule has 1 aliphatic carbocycles. The molecule has 0 unspecified atom stereocenters. The summed E-state index contributed by atoms with van der Waals surface area (Å²) in [5, 5.41) is 2.86. The van der Waals surface area contributed by atoms with Crippen molar-refractivity contribution in [2.24, 2.45) is 11.8 Å². The minimum atomic E-state index is 0.588. The lowest BCUT2D eigenvalue weighted by Crippen LogP contribution is -2.32. The van der Waals surface area contributed by atoms with Crippen LogP contribution in [0.1, 0.15) is 39.5 Å². The first-order chi connectivity index (χ1) is 5.24. The highest BCUT2D eigenvalue weighted by Crippen LogP contribution is 2.29. The Morgan fingerprint density at radius 3 is 2.09 bits per heavy atom. The van der Waals surface area contributed by atoms with E-state index in [1.807, 2.05) is 0 Å². The molecule has 1 saturated carbocycles. The molecule has 1 aliphatic rings. The van der Waals surface area contributed by atoms with E-state index in [1.54, 1.807) is 0 Å². The monoisotopic (exact) mass is 151 g/mol. The van der Waals surface area contributed by atoms with Crippen molar-refractivity contribution < 1.29 is 0 Å². The molecule has 0 atom stereocenters. The van der Waals surface area contributed by atoms with Crippen LogP contribution in [0.4, 0.5) is 0 Å². The summed E-state index contributed by atoms with van der Waals surface area (Å²) < 4.78 is 0. The van der Waals surface area contributed by atoms with Crippen LogP contribution in [0.25, 0.3) is 0 Å². The Kier molecular flexibility index (Phi) is 3.44. The van der Waals surface area contributed by atoms with Crippen LogP contribution < -0.4 is 5.23 Å². The lowest BCUT2D eigenvalue weighted by molar-refractivity contribution is 0.253. The molecule has 0 bridgehead atoms. The van der Waals surface area contributed by atoms with E-state index in [4.69, 9.17) is 7.98 Å². The minimum absolute atomic E-state index is 0.588. The zero-order chi connectivity index (χ0) is 8.27. The Balaban J connectivity index is 2.24. The van der Waals surface area contributed by atoms with Crippen LogP contribution in [0, 0.1) is 11.8 Å². The lowest BCUT2D eigenvalue weighted by atomic mass is 9.79. The summed E-state index contributed by atoms with van der Waals surface area (Å²) in [4.78, 5) is 0. The average molecular weight is 151 g/mol. The smallest absolute Gasteiger partial charge is 0.178 e. The highest BCUT2D eigenvalue weighted by atomic mass is 14.8. The van der Waals surface area contributed by atoms with Gasteiger partial charge in [0, 0.05) is 0 Å². The summed E-state index contributed by atoms with van der Waals surface area (Å²) in [6, 6.07) is 0.588. The summed E-state index contributed by atoms with van der Waals surface area (Å²) >= 11 is 0. The largest absolute Gasteiger partial charge is 0.364 e. The van der Waals surface area contributed by atoms with Gasteiger partial charge in [0.1, 0.15) is 0 Å². The average Bonchev–Trinajstić information content (AvgIpc) is 2.05. The first-order valence-corrected chi connectivity index (χ1v) is 4.70. The molecule has 1 rings (SSSR count). The fourth-order valence-corrected chi connectivity index (χ4v) is 1.95. The lowest BCUT2D eigenvalue weighted by Gasteiger charge is -2.30. The predicted molar refractivity (Wildman–Crippen MR) is 49.5 cm³/mol. The van der Waals surface area contributed by atoms with Crippen LogP contribution in [0.5, 0.6) is 0 Å². The molecule has 0 heterocycles. The Morgan fingerprint density at radius 1 is 1.18 bits per heavy atom. The van der Waals surface area contributed by atoms with Gasteiger partial charge in [-0.05, 0) is 43.6 Å². The van der Waals surface area contributed by atoms with Gasteiger partial charge in [-0.2, -0.15) is 0 Å². The minimum Gasteiger partial charge on any atom is -0.364 e. The molecule has 0 aromatic rings. The predicted octanol–water partition coefficient (Wildman–Crippen LogP) is 1.87. The Labute approximate surface area is 71.4 Å². The maximum absolute atomic E-state index is 5.37. The van der Waals surface area contributed by atoms with Gasteiger partial charge in [0.2, 0.25) is 0 Å². The number of rotatable bonds is 2. The Bertz CT molecular complexity index is 106. The van der Waals surface area contributed by atoms with E-state index in [0.717, 1.165) is 11.8 Å². The summed E-state index contributed by atoms with van der Waals surface area (Å²) in [5.41, 5.74) is 0. The van der Waals surface area contributed by atoms with Gasteiger partial charge in [0.05, 0.1) is 0 Å². The van der Waals surface area contributed by atoms with Crippen molar-refractivity contribution >= 4 is 7.98 Å². The van der Waals surface area contributed by atoms with E-state index >= 15 is 0 Å². The quantitative estimate of drug-likeness (QED) is 0.594. The molecular formula is C9H18BN. The fraction of sp³-hybridized carbons (Fsp3) is 1.00. The summed E-state index contributed by atoms with van der Waals surface area (Å²) in [6.07, 6.45) is 5.23. The molecule has 1 fully saturated rings. The molecule has 2 radical (unpaired) electrons. The molecule has 0 saturated heterocycles. The number of hydrogen-bond acceptors (Lipinski definition) is 1. The third kappa shape index (κ3) is 2.51.